The fourth-order valence-corrected chi connectivity index (χ4v) is 4.26. The van der Waals surface area contributed by atoms with Crippen molar-refractivity contribution in [3.63, 3.8) is 0 Å². The van der Waals surface area contributed by atoms with E-state index in [1.54, 1.807) is 0 Å². The van der Waals surface area contributed by atoms with Crippen molar-refractivity contribution >= 4 is 12.4 Å². The van der Waals surface area contributed by atoms with E-state index >= 15 is 0 Å². The Balaban J connectivity index is 1.37. The number of aromatic hydroxyl groups is 1. The minimum absolute atomic E-state index is 0.0182. The molecule has 0 radical (unpaired) electrons. The van der Waals surface area contributed by atoms with E-state index in [1.807, 2.05) is 48.5 Å². The highest BCUT2D eigenvalue weighted by Gasteiger charge is 2.29. The molecular formula is C26H25NO7. The number of alkyl carbamates (subject to hydrolysis) is 1. The zero-order chi connectivity index (χ0) is 24.2. The second-order valence-corrected chi connectivity index (χ2v) is 8.00. The topological polar surface area (TPSA) is 125 Å². The summed E-state index contributed by atoms with van der Waals surface area (Å²) in [7, 11) is 1.30. The van der Waals surface area contributed by atoms with Gasteiger partial charge in [-0.2, -0.15) is 0 Å². The van der Waals surface area contributed by atoms with Crippen LogP contribution in [0.1, 0.15) is 39.1 Å². The van der Waals surface area contributed by atoms with Crippen LogP contribution in [-0.2, 0) is 4.74 Å². The molecule has 3 aromatic rings. The standard InChI is InChI=1S/C26H25NO7/c1-33-23-11-15(13-28)10-20(25(23)31)24(30)22(29)12-27-26(32)34-14-21-18-8-4-2-6-16(18)17-7-3-5-9-19(17)21/h2-11,13,21-22,24,29-31H,12,14H2,1H3,(H,27,32). The number of phenolic OH excluding ortho intramolecular Hbond substituents is 1. The molecule has 1 aliphatic carbocycles. The molecule has 0 saturated carbocycles. The van der Waals surface area contributed by atoms with Crippen LogP contribution >= 0.6 is 0 Å². The summed E-state index contributed by atoms with van der Waals surface area (Å²) < 4.78 is 10.4. The lowest BCUT2D eigenvalue weighted by molar-refractivity contribution is 0.0171. The minimum atomic E-state index is -1.58. The highest BCUT2D eigenvalue weighted by molar-refractivity contribution is 5.79. The maximum Gasteiger partial charge on any atom is 0.407 e. The Morgan fingerprint density at radius 1 is 1.06 bits per heavy atom. The molecule has 0 bridgehead atoms. The van der Waals surface area contributed by atoms with Crippen LogP contribution in [0.3, 0.4) is 0 Å². The van der Waals surface area contributed by atoms with Gasteiger partial charge in [-0.1, -0.05) is 48.5 Å². The first kappa shape index (κ1) is 23.3. The van der Waals surface area contributed by atoms with Crippen molar-refractivity contribution in [2.45, 2.75) is 18.1 Å². The van der Waals surface area contributed by atoms with Crippen molar-refractivity contribution in [2.75, 3.05) is 20.3 Å². The molecule has 0 saturated heterocycles. The second-order valence-electron chi connectivity index (χ2n) is 8.00. The number of ether oxygens (including phenoxy) is 2. The third-order valence-corrected chi connectivity index (χ3v) is 5.97. The van der Waals surface area contributed by atoms with Crippen molar-refractivity contribution in [2.24, 2.45) is 0 Å². The molecule has 0 aliphatic heterocycles. The first-order chi connectivity index (χ1) is 16.4. The number of nitrogens with one attached hydrogen (secondary N) is 1. The summed E-state index contributed by atoms with van der Waals surface area (Å²) >= 11 is 0. The number of rotatable bonds is 8. The fraction of sp³-hybridized carbons (Fsp3) is 0.231. The van der Waals surface area contributed by atoms with E-state index in [0.29, 0.717) is 6.29 Å². The maximum absolute atomic E-state index is 12.3. The van der Waals surface area contributed by atoms with E-state index in [-0.39, 0.29) is 35.9 Å². The lowest BCUT2D eigenvalue weighted by atomic mass is 9.98. The lowest BCUT2D eigenvalue weighted by Crippen LogP contribution is -2.36. The summed E-state index contributed by atoms with van der Waals surface area (Å²) in [5, 5.41) is 33.5. The van der Waals surface area contributed by atoms with Gasteiger partial charge in [0.2, 0.25) is 0 Å². The molecule has 34 heavy (non-hydrogen) atoms. The molecule has 0 heterocycles. The third kappa shape index (κ3) is 4.46. The first-order valence-corrected chi connectivity index (χ1v) is 10.8. The van der Waals surface area contributed by atoms with E-state index in [4.69, 9.17) is 9.47 Å². The van der Waals surface area contributed by atoms with Crippen molar-refractivity contribution in [1.29, 1.82) is 0 Å². The smallest absolute Gasteiger partial charge is 0.407 e. The van der Waals surface area contributed by atoms with Crippen LogP contribution in [0.25, 0.3) is 11.1 Å². The number of aldehydes is 1. The van der Waals surface area contributed by atoms with Gasteiger partial charge in [-0.25, -0.2) is 4.79 Å². The summed E-state index contributed by atoms with van der Waals surface area (Å²) in [5.41, 5.74) is 4.43. The van der Waals surface area contributed by atoms with Crippen LogP contribution < -0.4 is 10.1 Å². The summed E-state index contributed by atoms with van der Waals surface area (Å²) in [6, 6.07) is 18.5. The van der Waals surface area contributed by atoms with Crippen LogP contribution in [-0.4, -0.2) is 54.1 Å². The van der Waals surface area contributed by atoms with E-state index in [9.17, 15) is 24.9 Å². The second kappa shape index (κ2) is 9.94. The molecule has 8 heteroatoms. The number of fused-ring (bicyclic) bond motifs is 3. The van der Waals surface area contributed by atoms with Crippen LogP contribution in [0, 0.1) is 0 Å². The molecule has 3 aromatic carbocycles. The van der Waals surface area contributed by atoms with Gasteiger partial charge in [0, 0.05) is 23.6 Å². The van der Waals surface area contributed by atoms with E-state index in [1.165, 1.54) is 19.2 Å². The number of carbonyl (C=O) groups excluding carboxylic acids is 2. The average molecular weight is 463 g/mol. The maximum atomic E-state index is 12.3. The zero-order valence-electron chi connectivity index (χ0n) is 18.5. The number of aliphatic hydroxyl groups is 2. The SMILES string of the molecule is COc1cc(C=O)cc(C(O)C(O)CNC(=O)OCC2c3ccccc3-c3ccccc32)c1O. The predicted molar refractivity (Wildman–Crippen MR) is 124 cm³/mol. The number of hydrogen-bond acceptors (Lipinski definition) is 7. The summed E-state index contributed by atoms with van der Waals surface area (Å²) in [4.78, 5) is 23.4. The van der Waals surface area contributed by atoms with Gasteiger partial charge in [-0.3, -0.25) is 4.79 Å². The number of aliphatic hydroxyl groups excluding tert-OH is 2. The molecule has 176 valence electrons. The molecule has 0 spiro atoms. The number of benzene rings is 3. The Labute approximate surface area is 196 Å². The quantitative estimate of drug-likeness (QED) is 0.378. The molecule has 1 aliphatic rings. The van der Waals surface area contributed by atoms with E-state index in [0.717, 1.165) is 22.3 Å². The molecule has 0 fully saturated rings. The molecule has 1 amide bonds. The molecular weight excluding hydrogens is 438 g/mol. The number of methoxy groups -OCH3 is 1. The van der Waals surface area contributed by atoms with Gasteiger partial charge in [0.1, 0.15) is 25.1 Å². The van der Waals surface area contributed by atoms with Gasteiger partial charge in [0.15, 0.2) is 11.5 Å². The first-order valence-electron chi connectivity index (χ1n) is 10.8. The monoisotopic (exact) mass is 463 g/mol. The van der Waals surface area contributed by atoms with Crippen LogP contribution in [0.4, 0.5) is 4.79 Å². The van der Waals surface area contributed by atoms with Gasteiger partial charge in [-0.05, 0) is 34.4 Å². The number of carbonyl (C=O) groups is 2. The van der Waals surface area contributed by atoms with Crippen molar-refractivity contribution in [1.82, 2.24) is 5.32 Å². The van der Waals surface area contributed by atoms with Crippen LogP contribution in [0.2, 0.25) is 0 Å². The van der Waals surface area contributed by atoms with Gasteiger partial charge >= 0.3 is 6.09 Å². The third-order valence-electron chi connectivity index (χ3n) is 5.97. The minimum Gasteiger partial charge on any atom is -0.504 e. The van der Waals surface area contributed by atoms with E-state index in [2.05, 4.69) is 5.32 Å². The Morgan fingerprint density at radius 2 is 1.68 bits per heavy atom. The van der Waals surface area contributed by atoms with Crippen molar-refractivity contribution in [3.05, 3.63) is 82.9 Å². The Kier molecular flexibility index (Phi) is 6.81. The highest BCUT2D eigenvalue weighted by atomic mass is 16.5. The van der Waals surface area contributed by atoms with Gasteiger partial charge in [0.25, 0.3) is 0 Å². The van der Waals surface area contributed by atoms with Gasteiger partial charge in [-0.15, -0.1) is 0 Å². The zero-order valence-corrected chi connectivity index (χ0v) is 18.5. The molecule has 2 unspecified atom stereocenters. The molecule has 0 aromatic heterocycles. The highest BCUT2D eigenvalue weighted by Crippen LogP contribution is 2.44. The molecule has 4 N–H and O–H groups in total. The molecule has 2 atom stereocenters. The normalized spacial score (nSPS) is 14.0. The van der Waals surface area contributed by atoms with Gasteiger partial charge in [0.05, 0.1) is 7.11 Å². The predicted octanol–water partition coefficient (Wildman–Crippen LogP) is 3.15. The van der Waals surface area contributed by atoms with Crippen LogP contribution in [0.5, 0.6) is 11.5 Å². The number of amides is 1. The average Bonchev–Trinajstić information content (AvgIpc) is 3.19. The van der Waals surface area contributed by atoms with E-state index < -0.39 is 24.1 Å². The lowest BCUT2D eigenvalue weighted by Gasteiger charge is -2.21. The number of hydrogen-bond donors (Lipinski definition) is 4. The Bertz CT molecular complexity index is 1160. The fourth-order valence-electron chi connectivity index (χ4n) is 4.26. The van der Waals surface area contributed by atoms with Crippen LogP contribution in [0.15, 0.2) is 60.7 Å². The Morgan fingerprint density at radius 3 is 2.26 bits per heavy atom. The van der Waals surface area contributed by atoms with Gasteiger partial charge < -0.3 is 30.1 Å². The van der Waals surface area contributed by atoms with Crippen molar-refractivity contribution in [3.8, 4) is 22.6 Å². The molecule has 4 rings (SSSR count). The van der Waals surface area contributed by atoms with Crippen molar-refractivity contribution < 1.29 is 34.4 Å². The summed E-state index contributed by atoms with van der Waals surface area (Å²) in [5.74, 6) is -0.528. The molecule has 8 nitrogen and oxygen atoms in total. The largest absolute Gasteiger partial charge is 0.504 e. The summed E-state index contributed by atoms with van der Waals surface area (Å²) in [6.45, 7) is -0.233. The summed E-state index contributed by atoms with van der Waals surface area (Å²) in [6.07, 6.45) is -3.28. The number of phenols is 1. The Hall–Kier alpha value is -3.88.